The smallest absolute Gasteiger partial charge is 0.416 e. The summed E-state index contributed by atoms with van der Waals surface area (Å²) >= 11 is 0. The predicted molar refractivity (Wildman–Crippen MR) is 97.0 cm³/mol. The van der Waals surface area contributed by atoms with E-state index in [-0.39, 0.29) is 31.8 Å². The van der Waals surface area contributed by atoms with Crippen molar-refractivity contribution in [1.29, 1.82) is 0 Å². The highest BCUT2D eigenvalue weighted by molar-refractivity contribution is 5.97. The molecule has 2 rings (SSSR count). The van der Waals surface area contributed by atoms with Gasteiger partial charge in [-0.2, -0.15) is 13.2 Å². The van der Waals surface area contributed by atoms with Crippen LogP contribution in [-0.4, -0.2) is 43.0 Å². The summed E-state index contributed by atoms with van der Waals surface area (Å²) in [5.41, 5.74) is 0.0865. The van der Waals surface area contributed by atoms with Gasteiger partial charge in [-0.3, -0.25) is 9.59 Å². The molecule has 0 spiro atoms. The number of ether oxygens (including phenoxy) is 2. The summed E-state index contributed by atoms with van der Waals surface area (Å²) in [6.07, 6.45) is -4.93. The lowest BCUT2D eigenvalue weighted by atomic mass is 9.82. The van der Waals surface area contributed by atoms with Crippen molar-refractivity contribution in [3.05, 3.63) is 34.9 Å². The predicted octanol–water partition coefficient (Wildman–Crippen LogP) is 4.06. The molecule has 9 heteroatoms. The van der Waals surface area contributed by atoms with Gasteiger partial charge >= 0.3 is 18.2 Å². The number of alkyl halides is 3. The molecule has 0 aliphatic carbocycles. The van der Waals surface area contributed by atoms with Crippen LogP contribution in [0.25, 0.3) is 0 Å². The minimum absolute atomic E-state index is 0.167. The molecular weight excluding hydrogens is 391 g/mol. The molecule has 0 radical (unpaired) electrons. The maximum atomic E-state index is 13.0. The van der Waals surface area contributed by atoms with E-state index in [4.69, 9.17) is 9.47 Å². The highest BCUT2D eigenvalue weighted by atomic mass is 19.4. The molecule has 1 amide bonds. The monoisotopic (exact) mass is 415 g/mol. The third kappa shape index (κ3) is 5.48. The Morgan fingerprint density at radius 3 is 2.48 bits per heavy atom. The fraction of sp³-hybridized carbons (Fsp3) is 0.550. The van der Waals surface area contributed by atoms with Crippen LogP contribution in [0.3, 0.4) is 0 Å². The molecule has 0 unspecified atom stereocenters. The number of carbonyl (C=O) groups is 3. The van der Waals surface area contributed by atoms with Crippen molar-refractivity contribution in [3.8, 4) is 0 Å². The number of hydrogen-bond acceptors (Lipinski definition) is 5. The molecule has 2 atom stereocenters. The number of nitrogens with zero attached hydrogens (tertiary/aromatic N) is 1. The Hall–Kier alpha value is -2.58. The largest absolute Gasteiger partial charge is 0.466 e. The number of piperidine rings is 1. The van der Waals surface area contributed by atoms with Crippen molar-refractivity contribution in [2.45, 2.75) is 45.3 Å². The first-order valence-electron chi connectivity index (χ1n) is 9.29. The zero-order valence-corrected chi connectivity index (χ0v) is 16.5. The number of esters is 1. The Balaban J connectivity index is 2.30. The first-order chi connectivity index (χ1) is 13.6. The van der Waals surface area contributed by atoms with E-state index in [9.17, 15) is 27.6 Å². The van der Waals surface area contributed by atoms with Gasteiger partial charge in [-0.05, 0) is 49.9 Å². The summed E-state index contributed by atoms with van der Waals surface area (Å²) in [6, 6.07) is 2.68. The molecule has 160 valence electrons. The van der Waals surface area contributed by atoms with Gasteiger partial charge in [0.1, 0.15) is 12.2 Å². The molecular formula is C20H24F3NO5. The lowest BCUT2D eigenvalue weighted by Gasteiger charge is -2.39. The number of Topliss-reactive ketones (excluding diaryl/α,β-unsaturated/α-hetero) is 1. The van der Waals surface area contributed by atoms with Gasteiger partial charge in [-0.1, -0.05) is 6.07 Å². The van der Waals surface area contributed by atoms with Crippen LogP contribution >= 0.6 is 0 Å². The first-order valence-corrected chi connectivity index (χ1v) is 9.29. The van der Waals surface area contributed by atoms with Crippen molar-refractivity contribution in [3.63, 3.8) is 0 Å². The van der Waals surface area contributed by atoms with E-state index in [1.54, 1.807) is 6.92 Å². The number of methoxy groups -OCH3 is 1. The van der Waals surface area contributed by atoms with Gasteiger partial charge in [0.05, 0.1) is 25.3 Å². The zero-order chi connectivity index (χ0) is 21.8. The Labute approximate surface area is 167 Å². The topological polar surface area (TPSA) is 72.9 Å². The van der Waals surface area contributed by atoms with E-state index in [1.165, 1.54) is 25.0 Å². The number of hydrogen-bond donors (Lipinski definition) is 0. The maximum Gasteiger partial charge on any atom is 0.416 e. The minimum atomic E-state index is -4.48. The van der Waals surface area contributed by atoms with Gasteiger partial charge in [0.2, 0.25) is 0 Å². The first kappa shape index (κ1) is 22.7. The lowest BCUT2D eigenvalue weighted by Crippen LogP contribution is -2.43. The van der Waals surface area contributed by atoms with Crippen LogP contribution in [0.1, 0.15) is 48.9 Å². The molecule has 1 aromatic carbocycles. The van der Waals surface area contributed by atoms with Gasteiger partial charge in [-0.15, -0.1) is 0 Å². The summed E-state index contributed by atoms with van der Waals surface area (Å²) in [5.74, 6) is -1.43. The second-order valence-corrected chi connectivity index (χ2v) is 6.92. The zero-order valence-electron chi connectivity index (χ0n) is 16.5. The molecule has 0 bridgehead atoms. The Kier molecular flexibility index (Phi) is 7.26. The fourth-order valence-electron chi connectivity index (χ4n) is 3.61. The molecule has 0 aromatic heterocycles. The standard InChI is InChI=1S/C20H24F3NO5/c1-4-29-18(26)11-17(25)13-7-8-24(19(27)28-3)16(10-13)15-6-5-14(9-12(15)2)20(21,22)23/h5-6,9,13,16H,4,7-8,10-11H2,1-3H3/t13-,16+/m0/s1. The number of amides is 1. The number of benzene rings is 1. The summed E-state index contributed by atoms with van der Waals surface area (Å²) < 4.78 is 48.5. The van der Waals surface area contributed by atoms with Gasteiger partial charge in [-0.25, -0.2) is 4.79 Å². The normalized spacial score (nSPS) is 19.6. The molecule has 0 saturated carbocycles. The summed E-state index contributed by atoms with van der Waals surface area (Å²) in [7, 11) is 1.22. The Morgan fingerprint density at radius 1 is 1.24 bits per heavy atom. The SMILES string of the molecule is CCOC(=O)CC(=O)[C@H]1CCN(C(=O)OC)[C@@H](c2ccc(C(F)(F)F)cc2C)C1. The third-order valence-corrected chi connectivity index (χ3v) is 5.05. The van der Waals surface area contributed by atoms with E-state index < -0.39 is 35.8 Å². The van der Waals surface area contributed by atoms with E-state index >= 15 is 0 Å². The van der Waals surface area contributed by atoms with Gasteiger partial charge < -0.3 is 14.4 Å². The lowest BCUT2D eigenvalue weighted by molar-refractivity contribution is -0.146. The van der Waals surface area contributed by atoms with Crippen molar-refractivity contribution in [2.75, 3.05) is 20.3 Å². The Bertz CT molecular complexity index is 778. The highest BCUT2D eigenvalue weighted by Crippen LogP contribution is 2.39. The summed E-state index contributed by atoms with van der Waals surface area (Å²) in [5, 5.41) is 0. The maximum absolute atomic E-state index is 13.0. The Morgan fingerprint density at radius 2 is 1.93 bits per heavy atom. The van der Waals surface area contributed by atoms with E-state index in [0.717, 1.165) is 12.1 Å². The van der Waals surface area contributed by atoms with Gasteiger partial charge in [0.15, 0.2) is 0 Å². The van der Waals surface area contributed by atoms with Crippen LogP contribution in [0.5, 0.6) is 0 Å². The van der Waals surface area contributed by atoms with E-state index in [0.29, 0.717) is 17.5 Å². The molecule has 1 saturated heterocycles. The molecule has 1 fully saturated rings. The van der Waals surface area contributed by atoms with Crippen molar-refractivity contribution >= 4 is 17.8 Å². The second-order valence-electron chi connectivity index (χ2n) is 6.92. The second kappa shape index (κ2) is 9.28. The van der Waals surface area contributed by atoms with Crippen LogP contribution < -0.4 is 0 Å². The van der Waals surface area contributed by atoms with Crippen LogP contribution in [0.15, 0.2) is 18.2 Å². The van der Waals surface area contributed by atoms with Crippen molar-refractivity contribution in [2.24, 2.45) is 5.92 Å². The molecule has 29 heavy (non-hydrogen) atoms. The van der Waals surface area contributed by atoms with Crippen LogP contribution in [0.2, 0.25) is 0 Å². The number of rotatable bonds is 5. The average molecular weight is 415 g/mol. The number of aryl methyl sites for hydroxylation is 1. The minimum Gasteiger partial charge on any atom is -0.466 e. The molecule has 6 nitrogen and oxygen atoms in total. The molecule has 1 aliphatic rings. The third-order valence-electron chi connectivity index (χ3n) is 5.05. The molecule has 0 N–H and O–H groups in total. The average Bonchev–Trinajstić information content (AvgIpc) is 2.66. The highest BCUT2D eigenvalue weighted by Gasteiger charge is 2.38. The van der Waals surface area contributed by atoms with Crippen molar-refractivity contribution < 1.29 is 37.0 Å². The molecule has 1 heterocycles. The van der Waals surface area contributed by atoms with Gasteiger partial charge in [0, 0.05) is 12.5 Å². The number of likely N-dealkylation sites (tertiary alicyclic amines) is 1. The summed E-state index contributed by atoms with van der Waals surface area (Å²) in [6.45, 7) is 3.53. The van der Waals surface area contributed by atoms with Crippen LogP contribution in [0, 0.1) is 12.8 Å². The van der Waals surface area contributed by atoms with Crippen LogP contribution in [-0.2, 0) is 25.2 Å². The summed E-state index contributed by atoms with van der Waals surface area (Å²) in [4.78, 5) is 37.7. The quantitative estimate of drug-likeness (QED) is 0.536. The van der Waals surface area contributed by atoms with Crippen LogP contribution in [0.4, 0.5) is 18.0 Å². The van der Waals surface area contributed by atoms with E-state index in [2.05, 4.69) is 0 Å². The van der Waals surface area contributed by atoms with Gasteiger partial charge in [0.25, 0.3) is 0 Å². The molecule has 1 aliphatic heterocycles. The number of ketones is 1. The molecule has 1 aromatic rings. The van der Waals surface area contributed by atoms with E-state index in [1.807, 2.05) is 0 Å². The number of halogens is 3. The number of carbonyl (C=O) groups excluding carboxylic acids is 3. The van der Waals surface area contributed by atoms with Crippen molar-refractivity contribution in [1.82, 2.24) is 4.90 Å². The fourth-order valence-corrected chi connectivity index (χ4v) is 3.61.